The second-order valence-corrected chi connectivity index (χ2v) is 9.06. The Morgan fingerprint density at radius 1 is 1.29 bits per heavy atom. The van der Waals surface area contributed by atoms with Gasteiger partial charge in [-0.05, 0) is 37.4 Å². The first-order valence-corrected chi connectivity index (χ1v) is 10.3. The van der Waals surface area contributed by atoms with Crippen LogP contribution in [0.25, 0.3) is 0 Å². The summed E-state index contributed by atoms with van der Waals surface area (Å²) in [5, 5.41) is 5.90. The predicted octanol–water partition coefficient (Wildman–Crippen LogP) is 1.93. The van der Waals surface area contributed by atoms with Crippen LogP contribution in [-0.2, 0) is 10.0 Å². The summed E-state index contributed by atoms with van der Waals surface area (Å²) < 4.78 is 27.0. The van der Waals surface area contributed by atoms with Crippen molar-refractivity contribution >= 4 is 39.7 Å². The minimum atomic E-state index is -3.47. The molecule has 0 bridgehead atoms. The third-order valence-electron chi connectivity index (χ3n) is 3.98. The van der Waals surface area contributed by atoms with Crippen molar-refractivity contribution in [2.24, 2.45) is 5.92 Å². The van der Waals surface area contributed by atoms with Gasteiger partial charge >= 0.3 is 0 Å². The van der Waals surface area contributed by atoms with Gasteiger partial charge in [-0.25, -0.2) is 8.42 Å². The van der Waals surface area contributed by atoms with E-state index in [1.165, 1.54) is 10.4 Å². The minimum Gasteiger partial charge on any atom is -0.350 e. The Kier molecular flexibility index (Phi) is 8.66. The van der Waals surface area contributed by atoms with E-state index in [4.69, 9.17) is 0 Å². The molecule has 0 saturated carbocycles. The molecule has 0 aromatic carbocycles. The molecule has 1 amide bonds. The number of carbonyl (C=O) groups is 1. The van der Waals surface area contributed by atoms with Crippen LogP contribution < -0.4 is 10.6 Å². The van der Waals surface area contributed by atoms with Gasteiger partial charge in [0.25, 0.3) is 15.9 Å². The quantitative estimate of drug-likeness (QED) is 0.691. The summed E-state index contributed by atoms with van der Waals surface area (Å²) in [5.41, 5.74) is 0. The third-order valence-corrected chi connectivity index (χ3v) is 7.43. The van der Waals surface area contributed by atoms with Crippen molar-refractivity contribution in [2.75, 3.05) is 32.7 Å². The summed E-state index contributed by atoms with van der Waals surface area (Å²) in [6.07, 6.45) is 1.78. The zero-order chi connectivity index (χ0) is 16.9. The SMILES string of the molecule is CCNCCNC(=O)c1ccc(S(=O)(=O)N2CCC(C)CC2)s1.Cl. The summed E-state index contributed by atoms with van der Waals surface area (Å²) in [4.78, 5) is 12.5. The number of hydrogen-bond acceptors (Lipinski definition) is 5. The molecule has 0 aliphatic carbocycles. The number of hydrogen-bond donors (Lipinski definition) is 2. The molecular formula is C15H26ClN3O3S2. The summed E-state index contributed by atoms with van der Waals surface area (Å²) in [6, 6.07) is 3.13. The zero-order valence-electron chi connectivity index (χ0n) is 14.1. The molecule has 2 heterocycles. The number of likely N-dealkylation sites (N-methyl/N-ethyl adjacent to an activating group) is 1. The van der Waals surface area contributed by atoms with Gasteiger partial charge in [0, 0.05) is 26.2 Å². The first-order chi connectivity index (χ1) is 10.9. The maximum absolute atomic E-state index is 12.6. The van der Waals surface area contributed by atoms with Crippen molar-refractivity contribution in [3.8, 4) is 0 Å². The Balaban J connectivity index is 0.00000288. The van der Waals surface area contributed by atoms with Crippen LogP contribution in [0.4, 0.5) is 0 Å². The van der Waals surface area contributed by atoms with E-state index in [0.717, 1.165) is 30.7 Å². The van der Waals surface area contributed by atoms with E-state index in [-0.39, 0.29) is 22.5 Å². The molecule has 1 aliphatic heterocycles. The van der Waals surface area contributed by atoms with E-state index >= 15 is 0 Å². The number of rotatable bonds is 7. The van der Waals surface area contributed by atoms with Gasteiger partial charge in [0.15, 0.2) is 0 Å². The van der Waals surface area contributed by atoms with Gasteiger partial charge < -0.3 is 10.6 Å². The second-order valence-electron chi connectivity index (χ2n) is 5.81. The molecule has 1 aromatic rings. The Labute approximate surface area is 154 Å². The average molecular weight is 396 g/mol. The fourth-order valence-corrected chi connectivity index (χ4v) is 5.31. The topological polar surface area (TPSA) is 78.5 Å². The lowest BCUT2D eigenvalue weighted by Crippen LogP contribution is -2.37. The molecule has 0 spiro atoms. The molecule has 1 fully saturated rings. The van der Waals surface area contributed by atoms with Crippen LogP contribution in [0.2, 0.25) is 0 Å². The fourth-order valence-electron chi connectivity index (χ4n) is 2.46. The van der Waals surface area contributed by atoms with E-state index in [9.17, 15) is 13.2 Å². The molecule has 1 saturated heterocycles. The lowest BCUT2D eigenvalue weighted by atomic mass is 10.0. The van der Waals surface area contributed by atoms with Gasteiger partial charge in [0.2, 0.25) is 0 Å². The van der Waals surface area contributed by atoms with E-state index in [2.05, 4.69) is 17.6 Å². The first-order valence-electron chi connectivity index (χ1n) is 8.04. The average Bonchev–Trinajstić information content (AvgIpc) is 3.02. The Morgan fingerprint density at radius 2 is 1.96 bits per heavy atom. The highest BCUT2D eigenvalue weighted by Gasteiger charge is 2.29. The van der Waals surface area contributed by atoms with Gasteiger partial charge in [0.1, 0.15) is 4.21 Å². The van der Waals surface area contributed by atoms with Crippen LogP contribution >= 0.6 is 23.7 Å². The molecule has 0 radical (unpaired) electrons. The number of carbonyl (C=O) groups excluding carboxylic acids is 1. The number of nitrogens with zero attached hydrogens (tertiary/aromatic N) is 1. The highest BCUT2D eigenvalue weighted by molar-refractivity contribution is 7.91. The van der Waals surface area contributed by atoms with E-state index in [1.807, 2.05) is 6.92 Å². The van der Waals surface area contributed by atoms with E-state index in [0.29, 0.717) is 37.0 Å². The van der Waals surface area contributed by atoms with Crippen molar-refractivity contribution in [3.63, 3.8) is 0 Å². The fraction of sp³-hybridized carbons (Fsp3) is 0.667. The standard InChI is InChI=1S/C15H25N3O3S2.ClH/c1-3-16-8-9-17-15(19)13-4-5-14(22-13)23(20,21)18-10-6-12(2)7-11-18;/h4-5,12,16H,3,6-11H2,1-2H3,(H,17,19);1H. The van der Waals surface area contributed by atoms with Crippen molar-refractivity contribution in [1.29, 1.82) is 0 Å². The maximum atomic E-state index is 12.6. The Bertz CT molecular complexity index is 626. The monoisotopic (exact) mass is 395 g/mol. The number of nitrogens with one attached hydrogen (secondary N) is 2. The minimum absolute atomic E-state index is 0. The predicted molar refractivity (Wildman–Crippen MR) is 99.6 cm³/mol. The molecule has 6 nitrogen and oxygen atoms in total. The lowest BCUT2D eigenvalue weighted by molar-refractivity contribution is 0.0958. The van der Waals surface area contributed by atoms with Crippen molar-refractivity contribution < 1.29 is 13.2 Å². The zero-order valence-corrected chi connectivity index (χ0v) is 16.5. The molecule has 2 rings (SSSR count). The van der Waals surface area contributed by atoms with Gasteiger partial charge in [-0.3, -0.25) is 4.79 Å². The van der Waals surface area contributed by atoms with Crippen molar-refractivity contribution in [3.05, 3.63) is 17.0 Å². The lowest BCUT2D eigenvalue weighted by Gasteiger charge is -2.28. The number of sulfonamides is 1. The van der Waals surface area contributed by atoms with Gasteiger partial charge in [0.05, 0.1) is 4.88 Å². The summed E-state index contributed by atoms with van der Waals surface area (Å²) in [5.74, 6) is 0.351. The Hall–Kier alpha value is -0.670. The number of piperidine rings is 1. The smallest absolute Gasteiger partial charge is 0.261 e. The van der Waals surface area contributed by atoms with Crippen molar-refractivity contribution in [1.82, 2.24) is 14.9 Å². The number of thiophene rings is 1. The molecular weight excluding hydrogens is 370 g/mol. The molecule has 24 heavy (non-hydrogen) atoms. The van der Waals surface area contributed by atoms with Gasteiger partial charge in [-0.2, -0.15) is 4.31 Å². The molecule has 0 unspecified atom stereocenters. The van der Waals surface area contributed by atoms with Crippen LogP contribution in [0.15, 0.2) is 16.3 Å². The number of halogens is 1. The van der Waals surface area contributed by atoms with Crippen LogP contribution in [0.5, 0.6) is 0 Å². The third kappa shape index (κ3) is 5.42. The molecule has 1 aliphatic rings. The van der Waals surface area contributed by atoms with Gasteiger partial charge in [-0.15, -0.1) is 23.7 Å². The van der Waals surface area contributed by atoms with Gasteiger partial charge in [-0.1, -0.05) is 13.8 Å². The van der Waals surface area contributed by atoms with Crippen LogP contribution in [0.1, 0.15) is 36.4 Å². The summed E-state index contributed by atoms with van der Waals surface area (Å²) in [7, 11) is -3.47. The van der Waals surface area contributed by atoms with Crippen LogP contribution in [0.3, 0.4) is 0 Å². The number of amides is 1. The molecule has 1 aromatic heterocycles. The molecule has 0 atom stereocenters. The highest BCUT2D eigenvalue weighted by Crippen LogP contribution is 2.28. The van der Waals surface area contributed by atoms with Crippen molar-refractivity contribution in [2.45, 2.75) is 30.9 Å². The second kappa shape index (κ2) is 9.72. The van der Waals surface area contributed by atoms with E-state index < -0.39 is 10.0 Å². The maximum Gasteiger partial charge on any atom is 0.261 e. The Morgan fingerprint density at radius 3 is 2.58 bits per heavy atom. The molecule has 138 valence electrons. The molecule has 9 heteroatoms. The van der Waals surface area contributed by atoms with Crippen LogP contribution in [-0.4, -0.2) is 51.4 Å². The summed E-state index contributed by atoms with van der Waals surface area (Å²) in [6.45, 7) is 7.34. The molecule has 2 N–H and O–H groups in total. The normalized spacial score (nSPS) is 16.6. The largest absolute Gasteiger partial charge is 0.350 e. The first kappa shape index (κ1) is 21.4. The van der Waals surface area contributed by atoms with E-state index in [1.54, 1.807) is 6.07 Å². The summed E-state index contributed by atoms with van der Waals surface area (Å²) >= 11 is 1.04. The highest BCUT2D eigenvalue weighted by atomic mass is 35.5. The van der Waals surface area contributed by atoms with Crippen LogP contribution in [0, 0.1) is 5.92 Å².